The molecule has 0 bridgehead atoms. The van der Waals surface area contributed by atoms with Crippen molar-refractivity contribution in [2.75, 3.05) is 6.54 Å². The van der Waals surface area contributed by atoms with Crippen LogP contribution in [0.1, 0.15) is 25.3 Å². The van der Waals surface area contributed by atoms with Gasteiger partial charge in [-0.2, -0.15) is 0 Å². The highest BCUT2D eigenvalue weighted by atomic mass is 35.5. The minimum atomic E-state index is -0.838. The van der Waals surface area contributed by atoms with Crippen molar-refractivity contribution in [2.45, 2.75) is 31.8 Å². The summed E-state index contributed by atoms with van der Waals surface area (Å²) in [5.41, 5.74) is -0.326. The van der Waals surface area contributed by atoms with Gasteiger partial charge >= 0.3 is 0 Å². The molecule has 112 valence electrons. The maximum absolute atomic E-state index is 13.5. The van der Waals surface area contributed by atoms with Crippen LogP contribution in [0.3, 0.4) is 0 Å². The summed E-state index contributed by atoms with van der Waals surface area (Å²) in [4.78, 5) is 26.0. The summed E-state index contributed by atoms with van der Waals surface area (Å²) in [6.07, 6.45) is 1.88. The van der Waals surface area contributed by atoms with Crippen molar-refractivity contribution in [3.05, 3.63) is 34.6 Å². The van der Waals surface area contributed by atoms with Crippen LogP contribution < -0.4 is 5.32 Å². The van der Waals surface area contributed by atoms with Gasteiger partial charge in [-0.05, 0) is 37.3 Å². The third-order valence-electron chi connectivity index (χ3n) is 4.25. The third kappa shape index (κ3) is 2.50. The zero-order valence-electron chi connectivity index (χ0n) is 11.7. The normalized spacial score (nSPS) is 26.0. The molecule has 1 saturated carbocycles. The minimum Gasteiger partial charge on any atom is -0.340 e. The van der Waals surface area contributed by atoms with E-state index < -0.39 is 11.4 Å². The first kappa shape index (κ1) is 14.3. The predicted molar refractivity (Wildman–Crippen MR) is 76.1 cm³/mol. The Morgan fingerprint density at radius 3 is 2.81 bits per heavy atom. The second-order valence-corrected chi connectivity index (χ2v) is 6.28. The fourth-order valence-corrected chi connectivity index (χ4v) is 3.08. The second kappa shape index (κ2) is 4.98. The fraction of sp³-hybridized carbons (Fsp3) is 0.467. The monoisotopic (exact) mass is 310 g/mol. The molecule has 1 atom stereocenters. The van der Waals surface area contributed by atoms with E-state index >= 15 is 0 Å². The van der Waals surface area contributed by atoms with Gasteiger partial charge in [0.2, 0.25) is 11.8 Å². The number of hydrogen-bond donors (Lipinski definition) is 1. The summed E-state index contributed by atoms with van der Waals surface area (Å²) in [6, 6.07) is 4.48. The summed E-state index contributed by atoms with van der Waals surface area (Å²) in [5, 5.41) is 2.81. The van der Waals surface area contributed by atoms with Crippen LogP contribution in [-0.4, -0.2) is 28.8 Å². The van der Waals surface area contributed by atoms with Crippen LogP contribution in [0, 0.1) is 11.7 Å². The van der Waals surface area contributed by atoms with Gasteiger partial charge in [-0.1, -0.05) is 23.7 Å². The number of piperazine rings is 1. The molecular formula is C15H16ClFN2O2. The molecule has 2 fully saturated rings. The average Bonchev–Trinajstić information content (AvgIpc) is 3.25. The Kier molecular flexibility index (Phi) is 3.40. The standard InChI is InChI=1S/C15H16ClFN2O2/c1-15(10-5-6-10)14(21)19(8-12(20)18-15)7-9-3-2-4-11(17)13(9)16/h2-4,10H,5-8H2,1H3,(H,18,20). The molecule has 21 heavy (non-hydrogen) atoms. The topological polar surface area (TPSA) is 49.4 Å². The van der Waals surface area contributed by atoms with Crippen LogP contribution in [0.5, 0.6) is 0 Å². The molecule has 3 rings (SSSR count). The number of nitrogens with zero attached hydrogens (tertiary/aromatic N) is 1. The Morgan fingerprint density at radius 1 is 1.43 bits per heavy atom. The number of hydrogen-bond acceptors (Lipinski definition) is 2. The van der Waals surface area contributed by atoms with Crippen LogP contribution >= 0.6 is 11.6 Å². The van der Waals surface area contributed by atoms with Crippen molar-refractivity contribution in [1.82, 2.24) is 10.2 Å². The summed E-state index contributed by atoms with van der Waals surface area (Å²) >= 11 is 5.93. The lowest BCUT2D eigenvalue weighted by molar-refractivity contribution is -0.150. The molecule has 2 amide bonds. The molecule has 4 nitrogen and oxygen atoms in total. The van der Waals surface area contributed by atoms with Crippen LogP contribution in [0.2, 0.25) is 5.02 Å². The van der Waals surface area contributed by atoms with Crippen LogP contribution in [0.4, 0.5) is 4.39 Å². The van der Waals surface area contributed by atoms with Gasteiger partial charge in [0.25, 0.3) is 0 Å². The Hall–Kier alpha value is -1.62. The number of carbonyl (C=O) groups is 2. The lowest BCUT2D eigenvalue weighted by Gasteiger charge is -2.40. The third-order valence-corrected chi connectivity index (χ3v) is 4.67. The number of rotatable bonds is 3. The lowest BCUT2D eigenvalue weighted by Crippen LogP contribution is -2.66. The van der Waals surface area contributed by atoms with Crippen molar-refractivity contribution < 1.29 is 14.0 Å². The van der Waals surface area contributed by atoms with E-state index in [-0.39, 0.29) is 35.8 Å². The molecule has 0 radical (unpaired) electrons. The summed E-state index contributed by atoms with van der Waals surface area (Å²) in [6.45, 7) is 1.89. The maximum atomic E-state index is 13.5. The van der Waals surface area contributed by atoms with Crippen molar-refractivity contribution in [2.24, 2.45) is 5.92 Å². The Morgan fingerprint density at radius 2 is 2.14 bits per heavy atom. The maximum Gasteiger partial charge on any atom is 0.249 e. The first-order valence-electron chi connectivity index (χ1n) is 6.95. The first-order chi connectivity index (χ1) is 9.91. The molecule has 1 unspecified atom stereocenters. The first-order valence-corrected chi connectivity index (χ1v) is 7.33. The molecule has 1 aliphatic heterocycles. The molecule has 1 saturated heterocycles. The highest BCUT2D eigenvalue weighted by Gasteiger charge is 2.52. The van der Waals surface area contributed by atoms with E-state index in [1.807, 2.05) is 0 Å². The van der Waals surface area contributed by atoms with Gasteiger partial charge in [-0.25, -0.2) is 4.39 Å². The van der Waals surface area contributed by atoms with Crippen molar-refractivity contribution in [1.29, 1.82) is 0 Å². The summed E-state index contributed by atoms with van der Waals surface area (Å²) < 4.78 is 13.5. The van der Waals surface area contributed by atoms with Crippen LogP contribution in [-0.2, 0) is 16.1 Å². The van der Waals surface area contributed by atoms with Crippen LogP contribution in [0.15, 0.2) is 18.2 Å². The number of carbonyl (C=O) groups excluding carboxylic acids is 2. The largest absolute Gasteiger partial charge is 0.340 e. The second-order valence-electron chi connectivity index (χ2n) is 5.90. The minimum absolute atomic E-state index is 0.00408. The van der Waals surface area contributed by atoms with E-state index in [0.717, 1.165) is 12.8 Å². The van der Waals surface area contributed by atoms with Crippen LogP contribution in [0.25, 0.3) is 0 Å². The van der Waals surface area contributed by atoms with Gasteiger partial charge in [-0.3, -0.25) is 9.59 Å². The number of benzene rings is 1. The van der Waals surface area contributed by atoms with Crippen molar-refractivity contribution in [3.8, 4) is 0 Å². The van der Waals surface area contributed by atoms with E-state index in [4.69, 9.17) is 11.6 Å². The summed E-state index contributed by atoms with van der Waals surface area (Å²) in [7, 11) is 0. The average molecular weight is 311 g/mol. The number of nitrogens with one attached hydrogen (secondary N) is 1. The Labute approximate surface area is 127 Å². The number of halogens is 2. The van der Waals surface area contributed by atoms with Gasteiger partial charge < -0.3 is 10.2 Å². The van der Waals surface area contributed by atoms with Gasteiger partial charge in [0.15, 0.2) is 0 Å². The van der Waals surface area contributed by atoms with E-state index in [9.17, 15) is 14.0 Å². The van der Waals surface area contributed by atoms with E-state index in [0.29, 0.717) is 5.56 Å². The molecule has 1 aliphatic carbocycles. The smallest absolute Gasteiger partial charge is 0.249 e. The quantitative estimate of drug-likeness (QED) is 0.929. The van der Waals surface area contributed by atoms with E-state index in [1.54, 1.807) is 19.1 Å². The fourth-order valence-electron chi connectivity index (χ4n) is 2.90. The SMILES string of the molecule is CC1(C2CC2)NC(=O)CN(Cc2cccc(F)c2Cl)C1=O. The molecule has 0 aromatic heterocycles. The molecule has 1 N–H and O–H groups in total. The van der Waals surface area contributed by atoms with Gasteiger partial charge in [-0.15, -0.1) is 0 Å². The van der Waals surface area contributed by atoms with Crippen molar-refractivity contribution in [3.63, 3.8) is 0 Å². The highest BCUT2D eigenvalue weighted by Crippen LogP contribution is 2.41. The Balaban J connectivity index is 1.85. The zero-order valence-corrected chi connectivity index (χ0v) is 12.4. The van der Waals surface area contributed by atoms with Gasteiger partial charge in [0, 0.05) is 6.54 Å². The molecular weight excluding hydrogens is 295 g/mol. The molecule has 1 heterocycles. The lowest BCUT2D eigenvalue weighted by atomic mass is 9.91. The predicted octanol–water partition coefficient (Wildman–Crippen LogP) is 2.11. The molecule has 6 heteroatoms. The van der Waals surface area contributed by atoms with Crippen molar-refractivity contribution >= 4 is 23.4 Å². The zero-order chi connectivity index (χ0) is 15.2. The molecule has 1 aromatic rings. The van der Waals surface area contributed by atoms with Gasteiger partial charge in [0.05, 0.1) is 11.6 Å². The highest BCUT2D eigenvalue weighted by molar-refractivity contribution is 6.31. The van der Waals surface area contributed by atoms with Gasteiger partial charge in [0.1, 0.15) is 11.4 Å². The molecule has 2 aliphatic rings. The van der Waals surface area contributed by atoms with E-state index in [2.05, 4.69) is 5.32 Å². The molecule has 1 aromatic carbocycles. The number of amides is 2. The Bertz CT molecular complexity index is 618. The summed E-state index contributed by atoms with van der Waals surface area (Å²) in [5.74, 6) is -0.630. The van der Waals surface area contributed by atoms with E-state index in [1.165, 1.54) is 11.0 Å². The molecule has 0 spiro atoms.